The Balaban J connectivity index is 2.49. The number of carbonyl (C=O) groups is 2. The first-order valence-electron chi connectivity index (χ1n) is 6.04. The van der Waals surface area contributed by atoms with Gasteiger partial charge in [0.15, 0.2) is 0 Å². The van der Waals surface area contributed by atoms with Crippen molar-refractivity contribution in [1.82, 2.24) is 4.90 Å². The molecule has 0 aliphatic carbocycles. The van der Waals surface area contributed by atoms with Gasteiger partial charge in [-0.2, -0.15) is 0 Å². The summed E-state index contributed by atoms with van der Waals surface area (Å²) in [6.45, 7) is 6.79. The van der Waals surface area contributed by atoms with Gasteiger partial charge in [-0.05, 0) is 39.5 Å². The van der Waals surface area contributed by atoms with Crippen LogP contribution in [0.15, 0.2) is 0 Å². The molecule has 2 amide bonds. The van der Waals surface area contributed by atoms with Crippen LogP contribution in [0.4, 0.5) is 4.79 Å². The summed E-state index contributed by atoms with van der Waals surface area (Å²) in [5, 5.41) is 0. The third kappa shape index (κ3) is 5.06. The molecule has 0 radical (unpaired) electrons. The number of nitrogens with two attached hydrogens (primary N) is 1. The van der Waals surface area contributed by atoms with E-state index in [9.17, 15) is 9.59 Å². The molecule has 1 atom stereocenters. The quantitative estimate of drug-likeness (QED) is 0.797. The molecule has 98 valence electrons. The lowest BCUT2D eigenvalue weighted by Crippen LogP contribution is -2.43. The molecule has 0 aromatic carbocycles. The monoisotopic (exact) mass is 242 g/mol. The summed E-state index contributed by atoms with van der Waals surface area (Å²) >= 11 is 0. The predicted octanol–water partition coefficient (Wildman–Crippen LogP) is 1.51. The van der Waals surface area contributed by atoms with Gasteiger partial charge in [-0.25, -0.2) is 4.79 Å². The molecular weight excluding hydrogens is 220 g/mol. The first-order chi connectivity index (χ1) is 7.78. The molecule has 0 aromatic rings. The summed E-state index contributed by atoms with van der Waals surface area (Å²) in [5.41, 5.74) is 4.69. The van der Waals surface area contributed by atoms with Crippen LogP contribution in [-0.2, 0) is 9.53 Å². The zero-order chi connectivity index (χ0) is 13.1. The van der Waals surface area contributed by atoms with Crippen LogP contribution in [0, 0.1) is 5.92 Å². The predicted molar refractivity (Wildman–Crippen MR) is 64.3 cm³/mol. The molecule has 1 heterocycles. The average Bonchev–Trinajstić information content (AvgIpc) is 2.14. The Hall–Kier alpha value is -1.26. The van der Waals surface area contributed by atoms with E-state index in [-0.39, 0.29) is 17.9 Å². The molecule has 5 heteroatoms. The van der Waals surface area contributed by atoms with Gasteiger partial charge in [0.25, 0.3) is 0 Å². The van der Waals surface area contributed by atoms with E-state index in [2.05, 4.69) is 0 Å². The molecule has 0 unspecified atom stereocenters. The van der Waals surface area contributed by atoms with Crippen LogP contribution >= 0.6 is 0 Å². The molecule has 1 fully saturated rings. The van der Waals surface area contributed by atoms with E-state index in [4.69, 9.17) is 10.5 Å². The molecule has 17 heavy (non-hydrogen) atoms. The Bertz CT molecular complexity index is 297. The third-order valence-corrected chi connectivity index (χ3v) is 2.66. The smallest absolute Gasteiger partial charge is 0.410 e. The SMILES string of the molecule is CC(C)(C)OC(=O)N1CCC[C@@H](CC(N)=O)C1. The second-order valence-corrected chi connectivity index (χ2v) is 5.61. The molecule has 0 bridgehead atoms. The molecule has 2 N–H and O–H groups in total. The minimum atomic E-state index is -0.478. The lowest BCUT2D eigenvalue weighted by molar-refractivity contribution is -0.119. The van der Waals surface area contributed by atoms with Gasteiger partial charge in [0.05, 0.1) is 0 Å². The fourth-order valence-corrected chi connectivity index (χ4v) is 2.01. The minimum Gasteiger partial charge on any atom is -0.444 e. The van der Waals surface area contributed by atoms with Crippen molar-refractivity contribution < 1.29 is 14.3 Å². The largest absolute Gasteiger partial charge is 0.444 e. The van der Waals surface area contributed by atoms with Crippen molar-refractivity contribution in [1.29, 1.82) is 0 Å². The van der Waals surface area contributed by atoms with Gasteiger partial charge in [0.2, 0.25) is 5.91 Å². The van der Waals surface area contributed by atoms with Crippen molar-refractivity contribution in [3.63, 3.8) is 0 Å². The normalized spacial score (nSPS) is 21.1. The van der Waals surface area contributed by atoms with Crippen LogP contribution in [-0.4, -0.2) is 35.6 Å². The van der Waals surface area contributed by atoms with Crippen LogP contribution < -0.4 is 5.73 Å². The van der Waals surface area contributed by atoms with E-state index in [0.29, 0.717) is 19.5 Å². The fourth-order valence-electron chi connectivity index (χ4n) is 2.01. The molecule has 1 aliphatic rings. The van der Waals surface area contributed by atoms with Gasteiger partial charge < -0.3 is 15.4 Å². The van der Waals surface area contributed by atoms with Gasteiger partial charge in [-0.3, -0.25) is 4.79 Å². The summed E-state index contributed by atoms with van der Waals surface area (Å²) in [6, 6.07) is 0. The number of likely N-dealkylation sites (tertiary alicyclic amines) is 1. The van der Waals surface area contributed by atoms with Gasteiger partial charge in [0.1, 0.15) is 5.60 Å². The number of hydrogen-bond acceptors (Lipinski definition) is 3. The Kier molecular flexibility index (Phi) is 4.37. The molecule has 1 rings (SSSR count). The van der Waals surface area contributed by atoms with E-state index < -0.39 is 5.60 Å². The van der Waals surface area contributed by atoms with E-state index in [1.165, 1.54) is 0 Å². The van der Waals surface area contributed by atoms with Crippen LogP contribution in [0.1, 0.15) is 40.0 Å². The van der Waals surface area contributed by atoms with Crippen LogP contribution in [0.25, 0.3) is 0 Å². The van der Waals surface area contributed by atoms with Crippen molar-refractivity contribution in [3.8, 4) is 0 Å². The standard InChI is InChI=1S/C12H22N2O3/c1-12(2,3)17-11(16)14-6-4-5-9(8-14)7-10(13)15/h9H,4-8H2,1-3H3,(H2,13,15)/t9-/m0/s1. The summed E-state index contributed by atoms with van der Waals surface area (Å²) in [5.74, 6) is -0.130. The fraction of sp³-hybridized carbons (Fsp3) is 0.833. The maximum Gasteiger partial charge on any atom is 0.410 e. The lowest BCUT2D eigenvalue weighted by atomic mass is 9.95. The van der Waals surface area contributed by atoms with Gasteiger partial charge in [0, 0.05) is 19.5 Å². The van der Waals surface area contributed by atoms with Crippen LogP contribution in [0.3, 0.4) is 0 Å². The van der Waals surface area contributed by atoms with E-state index in [1.54, 1.807) is 4.90 Å². The highest BCUT2D eigenvalue weighted by Gasteiger charge is 2.28. The zero-order valence-corrected chi connectivity index (χ0v) is 10.9. The third-order valence-electron chi connectivity index (χ3n) is 2.66. The van der Waals surface area contributed by atoms with Gasteiger partial charge in [-0.15, -0.1) is 0 Å². The van der Waals surface area contributed by atoms with Gasteiger partial charge in [-0.1, -0.05) is 0 Å². The second-order valence-electron chi connectivity index (χ2n) is 5.61. The molecule has 0 aromatic heterocycles. The maximum absolute atomic E-state index is 11.8. The summed E-state index contributed by atoms with van der Waals surface area (Å²) in [4.78, 5) is 24.4. The van der Waals surface area contributed by atoms with Crippen LogP contribution in [0.2, 0.25) is 0 Å². The van der Waals surface area contributed by atoms with Crippen molar-refractivity contribution in [2.75, 3.05) is 13.1 Å². The molecular formula is C12H22N2O3. The van der Waals surface area contributed by atoms with E-state index in [1.807, 2.05) is 20.8 Å². The maximum atomic E-state index is 11.8. The zero-order valence-electron chi connectivity index (χ0n) is 10.9. The first-order valence-corrected chi connectivity index (χ1v) is 6.04. The van der Waals surface area contributed by atoms with Crippen LogP contribution in [0.5, 0.6) is 0 Å². The number of amides is 2. The van der Waals surface area contributed by atoms with E-state index in [0.717, 1.165) is 12.8 Å². The molecule has 1 aliphatic heterocycles. The first kappa shape index (κ1) is 13.8. The molecule has 0 saturated carbocycles. The highest BCUT2D eigenvalue weighted by molar-refractivity contribution is 5.74. The summed E-state index contributed by atoms with van der Waals surface area (Å²) in [6.07, 6.45) is 1.89. The van der Waals surface area contributed by atoms with E-state index >= 15 is 0 Å². The number of carbonyl (C=O) groups excluding carboxylic acids is 2. The Morgan fingerprint density at radius 2 is 2.06 bits per heavy atom. The highest BCUT2D eigenvalue weighted by atomic mass is 16.6. The average molecular weight is 242 g/mol. The number of piperidine rings is 1. The molecule has 0 spiro atoms. The Labute approximate surface area is 102 Å². The number of hydrogen-bond donors (Lipinski definition) is 1. The topological polar surface area (TPSA) is 72.6 Å². The van der Waals surface area contributed by atoms with Crippen molar-refractivity contribution in [3.05, 3.63) is 0 Å². The van der Waals surface area contributed by atoms with Gasteiger partial charge >= 0.3 is 6.09 Å². The lowest BCUT2D eigenvalue weighted by Gasteiger charge is -2.33. The molecule has 5 nitrogen and oxygen atoms in total. The Morgan fingerprint density at radius 1 is 1.41 bits per heavy atom. The number of primary amides is 1. The Morgan fingerprint density at radius 3 is 2.59 bits per heavy atom. The second kappa shape index (κ2) is 5.38. The number of ether oxygens (including phenoxy) is 1. The van der Waals surface area contributed by atoms with Crippen molar-refractivity contribution >= 4 is 12.0 Å². The summed E-state index contributed by atoms with van der Waals surface area (Å²) < 4.78 is 5.30. The van der Waals surface area contributed by atoms with Crippen molar-refractivity contribution in [2.45, 2.75) is 45.6 Å². The highest BCUT2D eigenvalue weighted by Crippen LogP contribution is 2.21. The molecule has 1 saturated heterocycles. The number of rotatable bonds is 2. The summed E-state index contributed by atoms with van der Waals surface area (Å²) in [7, 11) is 0. The minimum absolute atomic E-state index is 0.175. The number of nitrogens with zero attached hydrogens (tertiary/aromatic N) is 1. The van der Waals surface area contributed by atoms with Crippen molar-refractivity contribution in [2.24, 2.45) is 11.7 Å².